The highest BCUT2D eigenvalue weighted by Crippen LogP contribution is 2.30. The highest BCUT2D eigenvalue weighted by Gasteiger charge is 2.20. The van der Waals surface area contributed by atoms with Crippen molar-refractivity contribution in [2.24, 2.45) is 0 Å². The van der Waals surface area contributed by atoms with Crippen LogP contribution in [0.15, 0.2) is 36.4 Å². The first-order valence-electron chi connectivity index (χ1n) is 6.47. The van der Waals surface area contributed by atoms with Crippen LogP contribution in [0.2, 0.25) is 5.02 Å². The van der Waals surface area contributed by atoms with Crippen LogP contribution in [0.3, 0.4) is 0 Å². The van der Waals surface area contributed by atoms with Crippen LogP contribution < -0.4 is 5.32 Å². The Bertz CT molecular complexity index is 613. The van der Waals surface area contributed by atoms with Crippen molar-refractivity contribution in [1.82, 2.24) is 5.32 Å². The summed E-state index contributed by atoms with van der Waals surface area (Å²) in [5.41, 5.74) is 2.14. The topological polar surface area (TPSA) is 12.0 Å². The predicted octanol–water partition coefficient (Wildman–Crippen LogP) is 4.63. The van der Waals surface area contributed by atoms with Crippen LogP contribution in [0.5, 0.6) is 0 Å². The summed E-state index contributed by atoms with van der Waals surface area (Å²) < 4.78 is 27.2. The number of rotatable bonds is 4. The van der Waals surface area contributed by atoms with Crippen LogP contribution in [0.4, 0.5) is 8.78 Å². The first-order valence-corrected chi connectivity index (χ1v) is 6.85. The third-order valence-electron chi connectivity index (χ3n) is 3.14. The van der Waals surface area contributed by atoms with E-state index in [1.54, 1.807) is 18.2 Å². The lowest BCUT2D eigenvalue weighted by atomic mass is 9.96. The summed E-state index contributed by atoms with van der Waals surface area (Å²) in [5, 5.41) is 3.49. The average molecular weight is 296 g/mol. The minimum atomic E-state index is -0.404. The molecule has 0 spiro atoms. The largest absolute Gasteiger partial charge is 0.306 e. The molecule has 106 valence electrons. The first-order chi connectivity index (χ1) is 9.52. The van der Waals surface area contributed by atoms with Crippen LogP contribution >= 0.6 is 11.6 Å². The van der Waals surface area contributed by atoms with E-state index >= 15 is 0 Å². The highest BCUT2D eigenvalue weighted by atomic mass is 35.5. The maximum absolute atomic E-state index is 14.1. The average Bonchev–Trinajstić information content (AvgIpc) is 2.40. The van der Waals surface area contributed by atoms with Gasteiger partial charge >= 0.3 is 0 Å². The molecular weight excluding hydrogens is 280 g/mol. The summed E-state index contributed by atoms with van der Waals surface area (Å²) in [4.78, 5) is 0. The van der Waals surface area contributed by atoms with Crippen LogP contribution in [0, 0.1) is 18.6 Å². The Labute approximate surface area is 122 Å². The van der Waals surface area contributed by atoms with Crippen molar-refractivity contribution in [1.29, 1.82) is 0 Å². The Kier molecular flexibility index (Phi) is 4.73. The lowest BCUT2D eigenvalue weighted by molar-refractivity contribution is 0.557. The van der Waals surface area contributed by atoms with Gasteiger partial charge in [-0.2, -0.15) is 0 Å². The molecule has 1 unspecified atom stereocenters. The lowest BCUT2D eigenvalue weighted by Gasteiger charge is -2.21. The molecule has 0 heterocycles. The molecule has 4 heteroatoms. The van der Waals surface area contributed by atoms with Gasteiger partial charge in [-0.05, 0) is 37.2 Å². The van der Waals surface area contributed by atoms with E-state index in [9.17, 15) is 8.78 Å². The summed E-state index contributed by atoms with van der Waals surface area (Å²) in [7, 11) is 0. The maximum atomic E-state index is 14.1. The van der Waals surface area contributed by atoms with Crippen LogP contribution in [-0.2, 0) is 0 Å². The second kappa shape index (κ2) is 6.33. The Morgan fingerprint density at radius 3 is 2.50 bits per heavy atom. The van der Waals surface area contributed by atoms with E-state index in [2.05, 4.69) is 5.32 Å². The molecule has 0 bridgehead atoms. The van der Waals surface area contributed by atoms with E-state index in [0.717, 1.165) is 5.56 Å². The fourth-order valence-electron chi connectivity index (χ4n) is 2.21. The Hall–Kier alpha value is -1.45. The lowest BCUT2D eigenvalue weighted by Crippen LogP contribution is -2.23. The Morgan fingerprint density at radius 2 is 1.85 bits per heavy atom. The molecule has 0 aliphatic carbocycles. The number of halogens is 3. The molecule has 0 saturated heterocycles. The second-order valence-corrected chi connectivity index (χ2v) is 5.09. The smallest absolute Gasteiger partial charge is 0.128 e. The summed E-state index contributed by atoms with van der Waals surface area (Å²) in [6, 6.07) is 8.71. The van der Waals surface area contributed by atoms with Gasteiger partial charge in [-0.25, -0.2) is 8.78 Å². The fourth-order valence-corrected chi connectivity index (χ4v) is 2.49. The molecule has 2 aromatic rings. The van der Waals surface area contributed by atoms with Crippen molar-refractivity contribution in [3.05, 3.63) is 69.7 Å². The van der Waals surface area contributed by atoms with E-state index in [0.29, 0.717) is 17.7 Å². The zero-order chi connectivity index (χ0) is 14.7. The van der Waals surface area contributed by atoms with Gasteiger partial charge in [-0.3, -0.25) is 0 Å². The van der Waals surface area contributed by atoms with Gasteiger partial charge in [-0.15, -0.1) is 0 Å². The zero-order valence-electron chi connectivity index (χ0n) is 11.4. The monoisotopic (exact) mass is 295 g/mol. The molecule has 0 saturated carbocycles. The molecule has 0 radical (unpaired) electrons. The number of hydrogen-bond donors (Lipinski definition) is 1. The van der Waals surface area contributed by atoms with E-state index in [4.69, 9.17) is 11.6 Å². The third kappa shape index (κ3) is 3.17. The predicted molar refractivity (Wildman–Crippen MR) is 78.1 cm³/mol. The van der Waals surface area contributed by atoms with Crippen molar-refractivity contribution in [3.63, 3.8) is 0 Å². The van der Waals surface area contributed by atoms with Gasteiger partial charge in [0.15, 0.2) is 0 Å². The summed E-state index contributed by atoms with van der Waals surface area (Å²) in [5.74, 6) is -0.708. The van der Waals surface area contributed by atoms with Crippen molar-refractivity contribution >= 4 is 11.6 Å². The quantitative estimate of drug-likeness (QED) is 0.867. The van der Waals surface area contributed by atoms with Gasteiger partial charge in [-0.1, -0.05) is 42.3 Å². The first kappa shape index (κ1) is 14.9. The molecule has 1 atom stereocenters. The minimum Gasteiger partial charge on any atom is -0.306 e. The molecule has 0 amide bonds. The van der Waals surface area contributed by atoms with Crippen molar-refractivity contribution < 1.29 is 8.78 Å². The van der Waals surface area contributed by atoms with Crippen molar-refractivity contribution in [3.8, 4) is 0 Å². The maximum Gasteiger partial charge on any atom is 0.128 e. The van der Waals surface area contributed by atoms with Gasteiger partial charge in [0.05, 0.1) is 6.04 Å². The van der Waals surface area contributed by atoms with Crippen LogP contribution in [0.25, 0.3) is 0 Å². The summed E-state index contributed by atoms with van der Waals surface area (Å²) in [6.45, 7) is 4.47. The normalized spacial score (nSPS) is 12.4. The SMILES string of the molecule is CCNC(c1cc(C)ccc1F)c1ccc(F)cc1Cl. The molecule has 0 aromatic heterocycles. The van der Waals surface area contributed by atoms with Gasteiger partial charge < -0.3 is 5.32 Å². The number of nitrogens with one attached hydrogen (secondary N) is 1. The molecule has 1 N–H and O–H groups in total. The second-order valence-electron chi connectivity index (χ2n) is 4.68. The van der Waals surface area contributed by atoms with Crippen LogP contribution in [-0.4, -0.2) is 6.54 Å². The van der Waals surface area contributed by atoms with Gasteiger partial charge in [0.2, 0.25) is 0 Å². The molecule has 2 rings (SSSR count). The number of benzene rings is 2. The van der Waals surface area contributed by atoms with Gasteiger partial charge in [0.1, 0.15) is 11.6 Å². The minimum absolute atomic E-state index is 0.289. The Morgan fingerprint density at radius 1 is 1.10 bits per heavy atom. The Balaban J connectivity index is 2.53. The fraction of sp³-hybridized carbons (Fsp3) is 0.250. The molecule has 0 aliphatic rings. The van der Waals surface area contributed by atoms with Crippen molar-refractivity contribution in [2.45, 2.75) is 19.9 Å². The van der Waals surface area contributed by atoms with Crippen LogP contribution in [0.1, 0.15) is 29.7 Å². The van der Waals surface area contributed by atoms with E-state index in [-0.39, 0.29) is 10.8 Å². The molecule has 20 heavy (non-hydrogen) atoms. The summed E-state index contributed by atoms with van der Waals surface area (Å²) >= 11 is 6.10. The van der Waals surface area contributed by atoms with E-state index < -0.39 is 11.9 Å². The molecule has 1 nitrogen and oxygen atoms in total. The van der Waals surface area contributed by atoms with E-state index in [1.165, 1.54) is 18.2 Å². The summed E-state index contributed by atoms with van der Waals surface area (Å²) in [6.07, 6.45) is 0. The van der Waals surface area contributed by atoms with Gasteiger partial charge in [0.25, 0.3) is 0 Å². The van der Waals surface area contributed by atoms with E-state index in [1.807, 2.05) is 13.8 Å². The number of hydrogen-bond acceptors (Lipinski definition) is 1. The molecule has 0 aliphatic heterocycles. The number of aryl methyl sites for hydroxylation is 1. The standard InChI is InChI=1S/C16H16ClF2N/c1-3-20-16(12-6-5-11(18)9-14(12)17)13-8-10(2)4-7-15(13)19/h4-9,16,20H,3H2,1-2H3. The van der Waals surface area contributed by atoms with Crippen molar-refractivity contribution in [2.75, 3.05) is 6.54 Å². The molecular formula is C16H16ClF2N. The van der Waals surface area contributed by atoms with Gasteiger partial charge in [0, 0.05) is 10.6 Å². The molecule has 2 aromatic carbocycles. The molecule has 0 fully saturated rings. The zero-order valence-corrected chi connectivity index (χ0v) is 12.1. The highest BCUT2D eigenvalue weighted by molar-refractivity contribution is 6.31. The third-order valence-corrected chi connectivity index (χ3v) is 3.47.